The van der Waals surface area contributed by atoms with Gasteiger partial charge in [-0.05, 0) is 31.4 Å². The van der Waals surface area contributed by atoms with E-state index in [9.17, 15) is 4.79 Å². The zero-order valence-electron chi connectivity index (χ0n) is 16.6. The van der Waals surface area contributed by atoms with Crippen LogP contribution in [0.5, 0.6) is 0 Å². The molecule has 1 amide bonds. The molecule has 1 aromatic rings. The summed E-state index contributed by atoms with van der Waals surface area (Å²) in [5.74, 6) is 2.02. The third-order valence-corrected chi connectivity index (χ3v) is 4.72. The lowest BCUT2D eigenvalue weighted by atomic mass is 9.85. The van der Waals surface area contributed by atoms with E-state index in [1.165, 1.54) is 0 Å². The molecule has 0 aliphatic heterocycles. The standard InChI is InChI=1S/C19H32N6O/c1-20-19(21-13-16-10-7-11-17(22-16)24(2)3)23-15-9-6-8-14(12-15)18(26)25(4)5/h7,10-11,14-15H,6,8-9,12-13H2,1-5H3,(H2,20,21,23). The van der Waals surface area contributed by atoms with Crippen molar-refractivity contribution in [2.24, 2.45) is 10.9 Å². The lowest BCUT2D eigenvalue weighted by Gasteiger charge is -2.31. The van der Waals surface area contributed by atoms with Crippen LogP contribution in [0.2, 0.25) is 0 Å². The number of rotatable bonds is 5. The predicted molar refractivity (Wildman–Crippen MR) is 106 cm³/mol. The Kier molecular flexibility index (Phi) is 7.24. The van der Waals surface area contributed by atoms with Gasteiger partial charge in [0.2, 0.25) is 5.91 Å². The highest BCUT2D eigenvalue weighted by Gasteiger charge is 2.28. The van der Waals surface area contributed by atoms with Gasteiger partial charge < -0.3 is 20.4 Å². The molecular formula is C19H32N6O. The van der Waals surface area contributed by atoms with Gasteiger partial charge in [-0.15, -0.1) is 0 Å². The highest BCUT2D eigenvalue weighted by atomic mass is 16.2. The fraction of sp³-hybridized carbons (Fsp3) is 0.632. The van der Waals surface area contributed by atoms with Crippen LogP contribution in [0.4, 0.5) is 5.82 Å². The molecule has 7 heteroatoms. The molecule has 0 spiro atoms. The SMILES string of the molecule is CN=C(NCc1cccc(N(C)C)n1)NC1CCCC(C(=O)N(C)C)C1. The summed E-state index contributed by atoms with van der Waals surface area (Å²) in [5.41, 5.74) is 0.962. The van der Waals surface area contributed by atoms with Gasteiger partial charge in [-0.1, -0.05) is 12.5 Å². The summed E-state index contributed by atoms with van der Waals surface area (Å²) >= 11 is 0. The first-order valence-electron chi connectivity index (χ1n) is 9.22. The molecule has 7 nitrogen and oxygen atoms in total. The highest BCUT2D eigenvalue weighted by molar-refractivity contribution is 5.81. The third kappa shape index (κ3) is 5.61. The highest BCUT2D eigenvalue weighted by Crippen LogP contribution is 2.25. The first-order chi connectivity index (χ1) is 12.4. The maximum atomic E-state index is 12.2. The lowest BCUT2D eigenvalue weighted by molar-refractivity contribution is -0.134. The predicted octanol–water partition coefficient (Wildman–Crippen LogP) is 1.46. The van der Waals surface area contributed by atoms with Gasteiger partial charge in [0.1, 0.15) is 5.82 Å². The van der Waals surface area contributed by atoms with Crippen LogP contribution in [0.15, 0.2) is 23.2 Å². The average Bonchev–Trinajstić information content (AvgIpc) is 2.64. The van der Waals surface area contributed by atoms with Crippen molar-refractivity contribution in [2.75, 3.05) is 40.1 Å². The molecule has 1 heterocycles. The van der Waals surface area contributed by atoms with Crippen molar-refractivity contribution in [2.45, 2.75) is 38.3 Å². The van der Waals surface area contributed by atoms with Crippen molar-refractivity contribution >= 4 is 17.7 Å². The number of anilines is 1. The first kappa shape index (κ1) is 20.0. The smallest absolute Gasteiger partial charge is 0.225 e. The van der Waals surface area contributed by atoms with Crippen molar-refractivity contribution < 1.29 is 4.79 Å². The first-order valence-corrected chi connectivity index (χ1v) is 9.22. The van der Waals surface area contributed by atoms with Gasteiger partial charge in [-0.2, -0.15) is 0 Å². The summed E-state index contributed by atoms with van der Waals surface area (Å²) in [6.07, 6.45) is 3.95. The number of nitrogens with one attached hydrogen (secondary N) is 2. The van der Waals surface area contributed by atoms with Crippen LogP contribution in [0.1, 0.15) is 31.4 Å². The van der Waals surface area contributed by atoms with E-state index in [1.807, 2.05) is 51.3 Å². The van der Waals surface area contributed by atoms with Crippen molar-refractivity contribution in [1.82, 2.24) is 20.5 Å². The minimum atomic E-state index is 0.104. The number of aliphatic imine (C=N–C) groups is 1. The molecule has 0 bridgehead atoms. The van der Waals surface area contributed by atoms with E-state index in [0.29, 0.717) is 6.54 Å². The Hall–Kier alpha value is -2.31. The molecule has 26 heavy (non-hydrogen) atoms. The molecule has 1 aliphatic rings. The number of aromatic nitrogens is 1. The quantitative estimate of drug-likeness (QED) is 0.614. The minimum absolute atomic E-state index is 0.104. The fourth-order valence-corrected chi connectivity index (χ4v) is 3.29. The third-order valence-electron chi connectivity index (χ3n) is 4.72. The molecule has 144 valence electrons. The van der Waals surface area contributed by atoms with Crippen LogP contribution in [-0.2, 0) is 11.3 Å². The van der Waals surface area contributed by atoms with E-state index in [4.69, 9.17) is 0 Å². The zero-order valence-corrected chi connectivity index (χ0v) is 16.6. The van der Waals surface area contributed by atoms with Crippen molar-refractivity contribution in [3.8, 4) is 0 Å². The second kappa shape index (κ2) is 9.40. The average molecular weight is 361 g/mol. The Balaban J connectivity index is 1.89. The van der Waals surface area contributed by atoms with Gasteiger partial charge in [0, 0.05) is 47.2 Å². The summed E-state index contributed by atoms with van der Waals surface area (Å²) < 4.78 is 0. The fourth-order valence-electron chi connectivity index (χ4n) is 3.29. The van der Waals surface area contributed by atoms with E-state index in [1.54, 1.807) is 11.9 Å². The lowest BCUT2D eigenvalue weighted by Crippen LogP contribution is -2.46. The number of carbonyl (C=O) groups is 1. The van der Waals surface area contributed by atoms with E-state index >= 15 is 0 Å². The maximum absolute atomic E-state index is 12.2. The summed E-state index contributed by atoms with van der Waals surface area (Å²) in [7, 11) is 9.39. The van der Waals surface area contributed by atoms with E-state index < -0.39 is 0 Å². The molecule has 2 N–H and O–H groups in total. The number of amides is 1. The number of pyridine rings is 1. The molecular weight excluding hydrogens is 328 g/mol. The van der Waals surface area contributed by atoms with Gasteiger partial charge in [0.15, 0.2) is 5.96 Å². The van der Waals surface area contributed by atoms with Crippen LogP contribution in [0, 0.1) is 5.92 Å². The minimum Gasteiger partial charge on any atom is -0.363 e. The van der Waals surface area contributed by atoms with E-state index in [0.717, 1.165) is 43.2 Å². The van der Waals surface area contributed by atoms with Crippen LogP contribution in [-0.4, -0.2) is 63.0 Å². The number of hydrogen-bond acceptors (Lipinski definition) is 4. The summed E-state index contributed by atoms with van der Waals surface area (Å²) in [6.45, 7) is 0.605. The Labute approximate surface area is 156 Å². The summed E-state index contributed by atoms with van der Waals surface area (Å²) in [4.78, 5) is 24.9. The van der Waals surface area contributed by atoms with Crippen LogP contribution in [0.25, 0.3) is 0 Å². The zero-order chi connectivity index (χ0) is 19.1. The second-order valence-electron chi connectivity index (χ2n) is 7.24. The Morgan fingerprint density at radius 2 is 2.04 bits per heavy atom. The van der Waals surface area contributed by atoms with Crippen molar-refractivity contribution in [3.63, 3.8) is 0 Å². The largest absolute Gasteiger partial charge is 0.363 e. The normalized spacial score (nSPS) is 20.4. The van der Waals surface area contributed by atoms with E-state index in [-0.39, 0.29) is 17.9 Å². The Bertz CT molecular complexity index is 628. The van der Waals surface area contributed by atoms with Gasteiger partial charge >= 0.3 is 0 Å². The second-order valence-corrected chi connectivity index (χ2v) is 7.24. The molecule has 1 aromatic heterocycles. The molecule has 1 aliphatic carbocycles. The van der Waals surface area contributed by atoms with Crippen LogP contribution in [0.3, 0.4) is 0 Å². The monoisotopic (exact) mass is 360 g/mol. The number of carbonyl (C=O) groups excluding carboxylic acids is 1. The molecule has 0 aromatic carbocycles. The van der Waals surface area contributed by atoms with Crippen molar-refractivity contribution in [1.29, 1.82) is 0 Å². The number of guanidine groups is 1. The maximum Gasteiger partial charge on any atom is 0.225 e. The molecule has 0 saturated heterocycles. The van der Waals surface area contributed by atoms with Gasteiger partial charge in [-0.25, -0.2) is 4.98 Å². The Morgan fingerprint density at radius 3 is 2.69 bits per heavy atom. The number of hydrogen-bond donors (Lipinski definition) is 2. The van der Waals surface area contributed by atoms with Gasteiger partial charge in [-0.3, -0.25) is 9.79 Å². The molecule has 1 saturated carbocycles. The summed E-state index contributed by atoms with van der Waals surface area (Å²) in [5, 5.41) is 6.80. The number of nitrogens with zero attached hydrogens (tertiary/aromatic N) is 4. The molecule has 2 atom stereocenters. The van der Waals surface area contributed by atoms with Gasteiger partial charge in [0.05, 0.1) is 12.2 Å². The molecule has 2 rings (SSSR count). The van der Waals surface area contributed by atoms with Crippen LogP contribution >= 0.6 is 0 Å². The summed E-state index contributed by atoms with van der Waals surface area (Å²) in [6, 6.07) is 6.26. The Morgan fingerprint density at radius 1 is 1.27 bits per heavy atom. The molecule has 1 fully saturated rings. The molecule has 2 unspecified atom stereocenters. The van der Waals surface area contributed by atoms with Crippen molar-refractivity contribution in [3.05, 3.63) is 23.9 Å². The topological polar surface area (TPSA) is 72.9 Å². The van der Waals surface area contributed by atoms with Gasteiger partial charge in [0.25, 0.3) is 0 Å². The van der Waals surface area contributed by atoms with E-state index in [2.05, 4.69) is 20.6 Å². The van der Waals surface area contributed by atoms with Crippen LogP contribution < -0.4 is 15.5 Å². The molecule has 0 radical (unpaired) electrons.